The molecule has 0 saturated heterocycles. The maximum Gasteiger partial charge on any atom is 0.254 e. The summed E-state index contributed by atoms with van der Waals surface area (Å²) in [5.41, 5.74) is 0.493. The number of carbonyl (C=O) groups is 1. The molecule has 1 unspecified atom stereocenters. The van der Waals surface area contributed by atoms with Gasteiger partial charge in [-0.15, -0.1) is 0 Å². The fraction of sp³-hybridized carbons (Fsp3) is 0.316. The fourth-order valence-electron chi connectivity index (χ4n) is 2.78. The Hall–Kier alpha value is -2.63. The summed E-state index contributed by atoms with van der Waals surface area (Å²) in [5, 5.41) is 2.78. The van der Waals surface area contributed by atoms with Crippen molar-refractivity contribution in [3.8, 4) is 11.5 Å². The molecule has 1 aliphatic heterocycles. The molecule has 0 saturated carbocycles. The molecule has 1 aliphatic rings. The summed E-state index contributed by atoms with van der Waals surface area (Å²) in [6.07, 6.45) is 0. The number of nitrogens with one attached hydrogen (secondary N) is 1. The lowest BCUT2D eigenvalue weighted by molar-refractivity contribution is 0.0920. The molecular weight excluding hydrogens is 328 g/mol. The van der Waals surface area contributed by atoms with Gasteiger partial charge in [0.25, 0.3) is 5.91 Å². The molecule has 1 atom stereocenters. The van der Waals surface area contributed by atoms with Crippen LogP contribution in [-0.4, -0.2) is 19.1 Å². The van der Waals surface area contributed by atoms with E-state index in [9.17, 15) is 13.6 Å². The number of rotatable bonds is 4. The van der Waals surface area contributed by atoms with Crippen molar-refractivity contribution in [2.24, 2.45) is 5.92 Å². The Bertz CT molecular complexity index is 792. The summed E-state index contributed by atoms with van der Waals surface area (Å²) < 4.78 is 38.2. The lowest BCUT2D eigenvalue weighted by Crippen LogP contribution is -2.32. The van der Waals surface area contributed by atoms with Gasteiger partial charge in [-0.1, -0.05) is 19.9 Å². The lowest BCUT2D eigenvalue weighted by Gasteiger charge is -2.25. The van der Waals surface area contributed by atoms with Crippen molar-refractivity contribution in [3.05, 3.63) is 59.2 Å². The Morgan fingerprint density at radius 1 is 1.04 bits per heavy atom. The van der Waals surface area contributed by atoms with Gasteiger partial charge in [0, 0.05) is 0 Å². The molecule has 0 aliphatic carbocycles. The first-order valence-electron chi connectivity index (χ1n) is 8.11. The van der Waals surface area contributed by atoms with Crippen molar-refractivity contribution >= 4 is 5.91 Å². The molecule has 132 valence electrons. The predicted octanol–water partition coefficient (Wildman–Crippen LogP) is 3.86. The van der Waals surface area contributed by atoms with Crippen molar-refractivity contribution in [1.82, 2.24) is 5.32 Å². The number of halogens is 2. The third-order valence-electron chi connectivity index (χ3n) is 4.05. The van der Waals surface area contributed by atoms with Gasteiger partial charge in [-0.25, -0.2) is 8.78 Å². The number of hydrogen-bond acceptors (Lipinski definition) is 3. The molecule has 1 N–H and O–H groups in total. The van der Waals surface area contributed by atoms with Crippen molar-refractivity contribution in [2.45, 2.75) is 19.9 Å². The van der Waals surface area contributed by atoms with Crippen molar-refractivity contribution < 1.29 is 23.0 Å². The summed E-state index contributed by atoms with van der Waals surface area (Å²) in [6, 6.07) is 7.86. The highest BCUT2D eigenvalue weighted by Gasteiger charge is 2.23. The van der Waals surface area contributed by atoms with Crippen molar-refractivity contribution in [2.75, 3.05) is 13.2 Å². The first kappa shape index (κ1) is 17.2. The molecule has 2 aromatic carbocycles. The van der Waals surface area contributed by atoms with Gasteiger partial charge in [0.1, 0.15) is 24.8 Å². The second kappa shape index (κ2) is 7.09. The van der Waals surface area contributed by atoms with Crippen LogP contribution in [0.1, 0.15) is 35.8 Å². The topological polar surface area (TPSA) is 47.6 Å². The van der Waals surface area contributed by atoms with Crippen LogP contribution in [0.25, 0.3) is 0 Å². The van der Waals surface area contributed by atoms with Crippen LogP contribution in [0, 0.1) is 17.6 Å². The van der Waals surface area contributed by atoms with Gasteiger partial charge in [0.15, 0.2) is 11.5 Å². The van der Waals surface area contributed by atoms with Gasteiger partial charge in [0.05, 0.1) is 11.6 Å². The Kier molecular flexibility index (Phi) is 4.88. The molecule has 0 aromatic heterocycles. The summed E-state index contributed by atoms with van der Waals surface area (Å²) in [4.78, 5) is 12.4. The number of hydrogen-bond donors (Lipinski definition) is 1. The Morgan fingerprint density at radius 3 is 2.48 bits per heavy atom. The van der Waals surface area contributed by atoms with Crippen molar-refractivity contribution in [3.63, 3.8) is 0 Å². The third-order valence-corrected chi connectivity index (χ3v) is 4.05. The predicted molar refractivity (Wildman–Crippen MR) is 88.8 cm³/mol. The molecule has 0 radical (unpaired) electrons. The van der Waals surface area contributed by atoms with E-state index in [4.69, 9.17) is 9.47 Å². The molecule has 1 heterocycles. The maximum atomic E-state index is 13.8. The Balaban J connectivity index is 1.86. The van der Waals surface area contributed by atoms with E-state index in [1.165, 1.54) is 0 Å². The number of carbonyl (C=O) groups excluding carboxylic acids is 1. The second-order valence-electron chi connectivity index (χ2n) is 6.22. The van der Waals surface area contributed by atoms with E-state index in [1.54, 1.807) is 12.1 Å². The van der Waals surface area contributed by atoms with Crippen LogP contribution in [-0.2, 0) is 0 Å². The Morgan fingerprint density at radius 2 is 1.76 bits per heavy atom. The van der Waals surface area contributed by atoms with Crippen LogP contribution >= 0.6 is 0 Å². The van der Waals surface area contributed by atoms with Crippen LogP contribution in [0.3, 0.4) is 0 Å². The maximum absolute atomic E-state index is 13.8. The second-order valence-corrected chi connectivity index (χ2v) is 6.22. The van der Waals surface area contributed by atoms with Gasteiger partial charge in [-0.2, -0.15) is 0 Å². The standard InChI is InChI=1S/C19H19F2NO3/c1-11(2)18(12-3-6-16-17(9-12)25-8-7-24-16)22-19(23)14-10-13(20)4-5-15(14)21/h3-6,9-11,18H,7-8H2,1-2H3,(H,22,23). The summed E-state index contributed by atoms with van der Waals surface area (Å²) in [6.45, 7) is 4.83. The van der Waals surface area contributed by atoms with E-state index in [0.29, 0.717) is 24.7 Å². The SMILES string of the molecule is CC(C)C(NC(=O)c1cc(F)ccc1F)c1ccc2c(c1)OCCO2. The van der Waals surface area contributed by atoms with Crippen LogP contribution in [0.4, 0.5) is 8.78 Å². The molecule has 6 heteroatoms. The minimum Gasteiger partial charge on any atom is -0.486 e. The molecule has 0 spiro atoms. The van der Waals surface area contributed by atoms with E-state index in [-0.39, 0.29) is 17.5 Å². The van der Waals surface area contributed by atoms with Crippen LogP contribution in [0.2, 0.25) is 0 Å². The van der Waals surface area contributed by atoms with Crippen LogP contribution in [0.5, 0.6) is 11.5 Å². The monoisotopic (exact) mass is 347 g/mol. The average molecular weight is 347 g/mol. The zero-order chi connectivity index (χ0) is 18.0. The minimum absolute atomic E-state index is 0.0307. The van der Waals surface area contributed by atoms with Crippen LogP contribution in [0.15, 0.2) is 36.4 Å². The number of ether oxygens (including phenoxy) is 2. The quantitative estimate of drug-likeness (QED) is 0.913. The van der Waals surface area contributed by atoms with E-state index < -0.39 is 17.5 Å². The first-order chi connectivity index (χ1) is 12.0. The number of amides is 1. The average Bonchev–Trinajstić information content (AvgIpc) is 2.60. The number of fused-ring (bicyclic) bond motifs is 1. The van der Waals surface area contributed by atoms with E-state index in [2.05, 4.69) is 5.32 Å². The molecule has 0 fully saturated rings. The molecule has 25 heavy (non-hydrogen) atoms. The van der Waals surface area contributed by atoms with Gasteiger partial charge in [0.2, 0.25) is 0 Å². The minimum atomic E-state index is -0.761. The van der Waals surface area contributed by atoms with E-state index in [0.717, 1.165) is 23.8 Å². The smallest absolute Gasteiger partial charge is 0.254 e. The highest BCUT2D eigenvalue weighted by atomic mass is 19.1. The molecule has 3 rings (SSSR count). The summed E-state index contributed by atoms with van der Waals surface area (Å²) in [7, 11) is 0. The van der Waals surface area contributed by atoms with Crippen molar-refractivity contribution in [1.29, 1.82) is 0 Å². The van der Waals surface area contributed by atoms with E-state index >= 15 is 0 Å². The Labute approximate surface area is 144 Å². The molecule has 1 amide bonds. The zero-order valence-electron chi connectivity index (χ0n) is 14.0. The van der Waals surface area contributed by atoms with E-state index in [1.807, 2.05) is 19.9 Å². The zero-order valence-corrected chi connectivity index (χ0v) is 14.0. The fourth-order valence-corrected chi connectivity index (χ4v) is 2.78. The highest BCUT2D eigenvalue weighted by molar-refractivity contribution is 5.94. The molecule has 2 aromatic rings. The van der Waals surface area contributed by atoms with Gasteiger partial charge in [-0.3, -0.25) is 4.79 Å². The lowest BCUT2D eigenvalue weighted by atomic mass is 9.95. The number of benzene rings is 2. The largest absolute Gasteiger partial charge is 0.486 e. The molecule has 4 nitrogen and oxygen atoms in total. The van der Waals surface area contributed by atoms with Gasteiger partial charge < -0.3 is 14.8 Å². The molecular formula is C19H19F2NO3. The van der Waals surface area contributed by atoms with Gasteiger partial charge in [-0.05, 0) is 41.8 Å². The first-order valence-corrected chi connectivity index (χ1v) is 8.11. The summed E-state index contributed by atoms with van der Waals surface area (Å²) in [5.74, 6) is -0.787. The summed E-state index contributed by atoms with van der Waals surface area (Å²) >= 11 is 0. The normalized spacial score (nSPS) is 14.3. The highest BCUT2D eigenvalue weighted by Crippen LogP contribution is 2.34. The third kappa shape index (κ3) is 3.73. The van der Waals surface area contributed by atoms with Gasteiger partial charge >= 0.3 is 0 Å². The molecule has 0 bridgehead atoms. The van der Waals surface area contributed by atoms with Crippen LogP contribution < -0.4 is 14.8 Å².